The zero-order chi connectivity index (χ0) is 9.42. The first kappa shape index (κ1) is 8.97. The minimum atomic E-state index is 0.741. The number of aryl methyl sites for hydroxylation is 1. The average molecular weight is 257 g/mol. The zero-order valence-electron chi connectivity index (χ0n) is 7.01. The van der Waals surface area contributed by atoms with E-state index in [9.17, 15) is 0 Å². The summed E-state index contributed by atoms with van der Waals surface area (Å²) in [5, 5.41) is 1.73. The second-order valence-electron chi connectivity index (χ2n) is 2.88. The summed E-state index contributed by atoms with van der Waals surface area (Å²) in [6.45, 7) is 1.97. The Morgan fingerprint density at radius 3 is 2.77 bits per heavy atom. The lowest BCUT2D eigenvalue weighted by molar-refractivity contribution is 1.25. The normalized spacial score (nSPS) is 10.7. The fraction of sp³-hybridized carbons (Fsp3) is 0.100. The van der Waals surface area contributed by atoms with E-state index in [0.29, 0.717) is 0 Å². The SMILES string of the molecule is Cc1ccc2c(Cl)ccc(Br)c2n1. The molecule has 1 aromatic carbocycles. The van der Waals surface area contributed by atoms with Crippen LogP contribution in [-0.4, -0.2) is 4.98 Å². The van der Waals surface area contributed by atoms with Gasteiger partial charge in [-0.05, 0) is 47.1 Å². The van der Waals surface area contributed by atoms with Gasteiger partial charge in [0.15, 0.2) is 0 Å². The van der Waals surface area contributed by atoms with Crippen LogP contribution in [0.25, 0.3) is 10.9 Å². The van der Waals surface area contributed by atoms with Crippen LogP contribution < -0.4 is 0 Å². The molecule has 0 atom stereocenters. The van der Waals surface area contributed by atoms with E-state index in [1.165, 1.54) is 0 Å². The molecule has 0 saturated heterocycles. The van der Waals surface area contributed by atoms with Crippen LogP contribution in [0.3, 0.4) is 0 Å². The summed E-state index contributed by atoms with van der Waals surface area (Å²) in [5.74, 6) is 0. The first-order valence-electron chi connectivity index (χ1n) is 3.90. The van der Waals surface area contributed by atoms with E-state index in [1.54, 1.807) is 0 Å². The van der Waals surface area contributed by atoms with E-state index in [1.807, 2.05) is 31.2 Å². The molecule has 0 aliphatic carbocycles. The van der Waals surface area contributed by atoms with Gasteiger partial charge in [0.2, 0.25) is 0 Å². The molecule has 0 radical (unpaired) electrons. The number of aromatic nitrogens is 1. The van der Waals surface area contributed by atoms with Crippen LogP contribution in [0.2, 0.25) is 5.02 Å². The molecule has 13 heavy (non-hydrogen) atoms. The molecule has 0 aliphatic rings. The Morgan fingerprint density at radius 1 is 1.23 bits per heavy atom. The van der Waals surface area contributed by atoms with Gasteiger partial charge in [-0.25, -0.2) is 0 Å². The standard InChI is InChI=1S/C10H7BrClN/c1-6-2-3-7-9(12)5-4-8(11)10(7)13-6/h2-5H,1H3. The van der Waals surface area contributed by atoms with Crippen molar-refractivity contribution in [2.45, 2.75) is 6.92 Å². The predicted octanol–water partition coefficient (Wildman–Crippen LogP) is 3.96. The van der Waals surface area contributed by atoms with Crippen LogP contribution in [-0.2, 0) is 0 Å². The van der Waals surface area contributed by atoms with Crippen molar-refractivity contribution < 1.29 is 0 Å². The van der Waals surface area contributed by atoms with Gasteiger partial charge in [-0.1, -0.05) is 11.6 Å². The molecule has 1 heterocycles. The molecule has 0 N–H and O–H groups in total. The van der Waals surface area contributed by atoms with Crippen molar-refractivity contribution in [3.63, 3.8) is 0 Å². The van der Waals surface area contributed by atoms with Gasteiger partial charge < -0.3 is 0 Å². The number of rotatable bonds is 0. The number of hydrogen-bond acceptors (Lipinski definition) is 1. The van der Waals surface area contributed by atoms with Crippen molar-refractivity contribution in [2.24, 2.45) is 0 Å². The predicted molar refractivity (Wildman–Crippen MR) is 59.2 cm³/mol. The highest BCUT2D eigenvalue weighted by Crippen LogP contribution is 2.28. The molecule has 0 bridgehead atoms. The minimum absolute atomic E-state index is 0.741. The van der Waals surface area contributed by atoms with Crippen molar-refractivity contribution >= 4 is 38.4 Å². The molecule has 0 saturated carbocycles. The number of halogens is 2. The number of hydrogen-bond donors (Lipinski definition) is 0. The van der Waals surface area contributed by atoms with E-state index >= 15 is 0 Å². The molecular weight excluding hydrogens is 249 g/mol. The Morgan fingerprint density at radius 2 is 2.00 bits per heavy atom. The third-order valence-electron chi connectivity index (χ3n) is 1.89. The van der Waals surface area contributed by atoms with E-state index in [-0.39, 0.29) is 0 Å². The Kier molecular flexibility index (Phi) is 2.26. The van der Waals surface area contributed by atoms with Gasteiger partial charge in [-0.2, -0.15) is 0 Å². The molecule has 3 heteroatoms. The Hall–Kier alpha value is -0.600. The van der Waals surface area contributed by atoms with E-state index in [4.69, 9.17) is 11.6 Å². The second kappa shape index (κ2) is 3.28. The molecule has 66 valence electrons. The van der Waals surface area contributed by atoms with Crippen LogP contribution in [0.15, 0.2) is 28.7 Å². The van der Waals surface area contributed by atoms with Crippen LogP contribution in [0.1, 0.15) is 5.69 Å². The van der Waals surface area contributed by atoms with Gasteiger partial charge in [0.25, 0.3) is 0 Å². The Balaban J connectivity index is 2.92. The van der Waals surface area contributed by atoms with Crippen LogP contribution in [0.4, 0.5) is 0 Å². The zero-order valence-corrected chi connectivity index (χ0v) is 9.35. The Bertz CT molecular complexity index is 468. The van der Waals surface area contributed by atoms with E-state index in [0.717, 1.165) is 26.1 Å². The van der Waals surface area contributed by atoms with Gasteiger partial charge in [0, 0.05) is 15.6 Å². The maximum absolute atomic E-state index is 6.02. The fourth-order valence-electron chi connectivity index (χ4n) is 1.25. The lowest BCUT2D eigenvalue weighted by atomic mass is 10.2. The number of nitrogens with zero attached hydrogens (tertiary/aromatic N) is 1. The summed E-state index contributed by atoms with van der Waals surface area (Å²) in [5.41, 5.74) is 1.92. The average Bonchev–Trinajstić information content (AvgIpc) is 2.12. The summed E-state index contributed by atoms with van der Waals surface area (Å²) in [6.07, 6.45) is 0. The molecule has 0 unspecified atom stereocenters. The second-order valence-corrected chi connectivity index (χ2v) is 4.14. The van der Waals surface area contributed by atoms with Crippen molar-refractivity contribution in [3.8, 4) is 0 Å². The molecule has 0 fully saturated rings. The van der Waals surface area contributed by atoms with Crippen molar-refractivity contribution in [1.29, 1.82) is 0 Å². The topological polar surface area (TPSA) is 12.9 Å². The summed E-state index contributed by atoms with van der Waals surface area (Å²) in [4.78, 5) is 4.40. The molecule has 0 aliphatic heterocycles. The molecule has 0 amide bonds. The minimum Gasteiger partial charge on any atom is -0.252 e. The number of pyridine rings is 1. The molecule has 2 aromatic rings. The molecule has 0 spiro atoms. The maximum Gasteiger partial charge on any atom is 0.0862 e. The highest BCUT2D eigenvalue weighted by Gasteiger charge is 2.03. The summed E-state index contributed by atoms with van der Waals surface area (Å²) < 4.78 is 0.982. The third-order valence-corrected chi connectivity index (χ3v) is 2.86. The van der Waals surface area contributed by atoms with E-state index in [2.05, 4.69) is 20.9 Å². The fourth-order valence-corrected chi connectivity index (χ4v) is 1.90. The van der Waals surface area contributed by atoms with E-state index < -0.39 is 0 Å². The van der Waals surface area contributed by atoms with Gasteiger partial charge >= 0.3 is 0 Å². The lowest BCUT2D eigenvalue weighted by Gasteiger charge is -2.02. The maximum atomic E-state index is 6.02. The molecule has 1 nitrogen and oxygen atoms in total. The molecule has 1 aromatic heterocycles. The first-order chi connectivity index (χ1) is 6.18. The van der Waals surface area contributed by atoms with Crippen molar-refractivity contribution in [3.05, 3.63) is 39.5 Å². The van der Waals surface area contributed by atoms with Gasteiger partial charge in [-0.15, -0.1) is 0 Å². The molecular formula is C10H7BrClN. The Labute approximate surface area is 89.9 Å². The van der Waals surface area contributed by atoms with Crippen molar-refractivity contribution in [2.75, 3.05) is 0 Å². The lowest BCUT2D eigenvalue weighted by Crippen LogP contribution is -1.84. The van der Waals surface area contributed by atoms with Crippen LogP contribution in [0.5, 0.6) is 0 Å². The van der Waals surface area contributed by atoms with Crippen LogP contribution >= 0.6 is 27.5 Å². The van der Waals surface area contributed by atoms with Crippen molar-refractivity contribution in [1.82, 2.24) is 4.98 Å². The molecule has 2 rings (SSSR count). The number of fused-ring (bicyclic) bond motifs is 1. The van der Waals surface area contributed by atoms with Gasteiger partial charge in [0.1, 0.15) is 0 Å². The largest absolute Gasteiger partial charge is 0.252 e. The van der Waals surface area contributed by atoms with Gasteiger partial charge in [0.05, 0.1) is 10.5 Å². The van der Waals surface area contributed by atoms with Gasteiger partial charge in [-0.3, -0.25) is 4.98 Å². The number of benzene rings is 1. The summed E-state index contributed by atoms with van der Waals surface area (Å²) in [6, 6.07) is 7.73. The summed E-state index contributed by atoms with van der Waals surface area (Å²) >= 11 is 9.46. The third kappa shape index (κ3) is 1.56. The monoisotopic (exact) mass is 255 g/mol. The highest BCUT2D eigenvalue weighted by molar-refractivity contribution is 9.10. The first-order valence-corrected chi connectivity index (χ1v) is 5.07. The highest BCUT2D eigenvalue weighted by atomic mass is 79.9. The quantitative estimate of drug-likeness (QED) is 0.695. The van der Waals surface area contributed by atoms with Crippen LogP contribution in [0, 0.1) is 6.92 Å². The smallest absolute Gasteiger partial charge is 0.0862 e. The summed E-state index contributed by atoms with van der Waals surface area (Å²) in [7, 11) is 0.